The van der Waals surface area contributed by atoms with Crippen molar-refractivity contribution >= 4 is 5.91 Å². The van der Waals surface area contributed by atoms with Gasteiger partial charge < -0.3 is 14.8 Å². The molecule has 0 atom stereocenters. The van der Waals surface area contributed by atoms with E-state index in [2.05, 4.69) is 5.32 Å². The molecule has 0 aliphatic carbocycles. The molecule has 0 heterocycles. The molecule has 1 amide bonds. The number of amides is 1. The van der Waals surface area contributed by atoms with Gasteiger partial charge in [-0.15, -0.1) is 0 Å². The van der Waals surface area contributed by atoms with Crippen LogP contribution in [0.3, 0.4) is 0 Å². The maximum atomic E-state index is 12.1. The second-order valence-electron chi connectivity index (χ2n) is 5.10. The van der Waals surface area contributed by atoms with Crippen molar-refractivity contribution in [2.45, 2.75) is 13.8 Å². The minimum atomic E-state index is -0.134. The summed E-state index contributed by atoms with van der Waals surface area (Å²) < 4.78 is 10.8. The highest BCUT2D eigenvalue weighted by Gasteiger charge is 2.08. The van der Waals surface area contributed by atoms with E-state index in [4.69, 9.17) is 9.47 Å². The number of hydrogen-bond acceptors (Lipinski definition) is 3. The first kappa shape index (κ1) is 15.9. The minimum Gasteiger partial charge on any atom is -0.496 e. The zero-order valence-corrected chi connectivity index (χ0v) is 13.2. The zero-order valence-electron chi connectivity index (χ0n) is 13.2. The standard InChI is InChI=1S/C18H21NO3/c1-13-4-8-16(9-5-13)22-11-10-19-18(20)15-7-6-14(2)17(12-15)21-3/h4-9,12H,10-11H2,1-3H3,(H,19,20). The van der Waals surface area contributed by atoms with Gasteiger partial charge in [0.1, 0.15) is 18.1 Å². The maximum Gasteiger partial charge on any atom is 0.251 e. The van der Waals surface area contributed by atoms with E-state index >= 15 is 0 Å². The lowest BCUT2D eigenvalue weighted by atomic mass is 10.1. The molecule has 0 aromatic heterocycles. The zero-order chi connectivity index (χ0) is 15.9. The molecule has 2 rings (SSSR count). The summed E-state index contributed by atoms with van der Waals surface area (Å²) in [5.41, 5.74) is 2.77. The van der Waals surface area contributed by atoms with Crippen LogP contribution >= 0.6 is 0 Å². The van der Waals surface area contributed by atoms with E-state index in [1.165, 1.54) is 5.56 Å². The molecular formula is C18H21NO3. The highest BCUT2D eigenvalue weighted by atomic mass is 16.5. The third-order valence-corrected chi connectivity index (χ3v) is 3.35. The van der Waals surface area contributed by atoms with Gasteiger partial charge in [-0.2, -0.15) is 0 Å². The van der Waals surface area contributed by atoms with Crippen molar-refractivity contribution in [3.8, 4) is 11.5 Å². The number of aryl methyl sites for hydroxylation is 2. The first-order chi connectivity index (χ1) is 10.6. The van der Waals surface area contributed by atoms with Gasteiger partial charge in [-0.25, -0.2) is 0 Å². The first-order valence-corrected chi connectivity index (χ1v) is 7.22. The molecule has 2 aromatic carbocycles. The van der Waals surface area contributed by atoms with Gasteiger partial charge in [-0.3, -0.25) is 4.79 Å². The Hall–Kier alpha value is -2.49. The predicted octanol–water partition coefficient (Wildman–Crippen LogP) is 3.12. The van der Waals surface area contributed by atoms with E-state index in [9.17, 15) is 4.79 Å². The molecule has 0 radical (unpaired) electrons. The molecule has 4 nitrogen and oxygen atoms in total. The van der Waals surface area contributed by atoms with Gasteiger partial charge in [-0.1, -0.05) is 23.8 Å². The van der Waals surface area contributed by atoms with Crippen molar-refractivity contribution in [1.29, 1.82) is 0 Å². The van der Waals surface area contributed by atoms with Crippen molar-refractivity contribution in [3.63, 3.8) is 0 Å². The Labute approximate surface area is 131 Å². The molecule has 0 saturated carbocycles. The average Bonchev–Trinajstić information content (AvgIpc) is 2.53. The van der Waals surface area contributed by atoms with Crippen LogP contribution in [0.1, 0.15) is 21.5 Å². The second kappa shape index (κ2) is 7.50. The molecule has 0 fully saturated rings. The van der Waals surface area contributed by atoms with E-state index in [1.54, 1.807) is 19.2 Å². The van der Waals surface area contributed by atoms with Crippen LogP contribution < -0.4 is 14.8 Å². The van der Waals surface area contributed by atoms with Crippen LogP contribution in [-0.2, 0) is 0 Å². The fraction of sp³-hybridized carbons (Fsp3) is 0.278. The number of benzene rings is 2. The van der Waals surface area contributed by atoms with Crippen LogP contribution in [0.15, 0.2) is 42.5 Å². The second-order valence-corrected chi connectivity index (χ2v) is 5.10. The molecule has 0 spiro atoms. The molecule has 22 heavy (non-hydrogen) atoms. The Morgan fingerprint density at radius 1 is 1.09 bits per heavy atom. The summed E-state index contributed by atoms with van der Waals surface area (Å²) in [7, 11) is 1.60. The molecule has 0 saturated heterocycles. The Kier molecular flexibility index (Phi) is 5.42. The van der Waals surface area contributed by atoms with Crippen molar-refractivity contribution < 1.29 is 14.3 Å². The number of carbonyl (C=O) groups is 1. The fourth-order valence-electron chi connectivity index (χ4n) is 2.03. The van der Waals surface area contributed by atoms with Crippen molar-refractivity contribution in [2.24, 2.45) is 0 Å². The molecule has 0 bridgehead atoms. The molecular weight excluding hydrogens is 278 g/mol. The highest BCUT2D eigenvalue weighted by Crippen LogP contribution is 2.18. The van der Waals surface area contributed by atoms with E-state index < -0.39 is 0 Å². The monoisotopic (exact) mass is 299 g/mol. The molecule has 4 heteroatoms. The van der Waals surface area contributed by atoms with Crippen LogP contribution in [0.25, 0.3) is 0 Å². The van der Waals surface area contributed by atoms with E-state index in [0.29, 0.717) is 24.5 Å². The summed E-state index contributed by atoms with van der Waals surface area (Å²) in [5, 5.41) is 2.83. The molecule has 2 aromatic rings. The van der Waals surface area contributed by atoms with Crippen LogP contribution in [0.4, 0.5) is 0 Å². The lowest BCUT2D eigenvalue weighted by Crippen LogP contribution is -2.28. The van der Waals surface area contributed by atoms with Crippen molar-refractivity contribution in [2.75, 3.05) is 20.3 Å². The third-order valence-electron chi connectivity index (χ3n) is 3.35. The summed E-state index contributed by atoms with van der Waals surface area (Å²) >= 11 is 0. The Morgan fingerprint density at radius 2 is 1.82 bits per heavy atom. The van der Waals surface area contributed by atoms with Crippen molar-refractivity contribution in [3.05, 3.63) is 59.2 Å². The van der Waals surface area contributed by atoms with Crippen LogP contribution in [-0.4, -0.2) is 26.2 Å². The van der Waals surface area contributed by atoms with E-state index in [1.807, 2.05) is 44.2 Å². The topological polar surface area (TPSA) is 47.6 Å². The number of rotatable bonds is 6. The summed E-state index contributed by atoms with van der Waals surface area (Å²) in [6.45, 7) is 4.84. The number of carbonyl (C=O) groups excluding carboxylic acids is 1. The van der Waals surface area contributed by atoms with Gasteiger partial charge in [0.15, 0.2) is 0 Å². The SMILES string of the molecule is COc1cc(C(=O)NCCOc2ccc(C)cc2)ccc1C. The summed E-state index contributed by atoms with van der Waals surface area (Å²) in [6, 6.07) is 13.2. The van der Waals surface area contributed by atoms with Gasteiger partial charge in [0.25, 0.3) is 5.91 Å². The fourth-order valence-corrected chi connectivity index (χ4v) is 2.03. The van der Waals surface area contributed by atoms with Gasteiger partial charge in [0.2, 0.25) is 0 Å². The van der Waals surface area contributed by atoms with E-state index in [0.717, 1.165) is 11.3 Å². The summed E-state index contributed by atoms with van der Waals surface area (Å²) in [4.78, 5) is 12.1. The number of nitrogens with one attached hydrogen (secondary N) is 1. The maximum absolute atomic E-state index is 12.1. The molecule has 116 valence electrons. The van der Waals surface area contributed by atoms with Gasteiger partial charge in [0, 0.05) is 5.56 Å². The molecule has 0 aliphatic rings. The molecule has 0 unspecified atom stereocenters. The van der Waals surface area contributed by atoms with E-state index in [-0.39, 0.29) is 5.91 Å². The van der Waals surface area contributed by atoms with Gasteiger partial charge in [0.05, 0.1) is 13.7 Å². The number of methoxy groups -OCH3 is 1. The quantitative estimate of drug-likeness (QED) is 0.834. The Balaban J connectivity index is 1.81. The minimum absolute atomic E-state index is 0.134. The normalized spacial score (nSPS) is 10.1. The Morgan fingerprint density at radius 3 is 2.50 bits per heavy atom. The van der Waals surface area contributed by atoms with Gasteiger partial charge in [-0.05, 0) is 43.7 Å². The molecule has 1 N–H and O–H groups in total. The smallest absolute Gasteiger partial charge is 0.251 e. The highest BCUT2D eigenvalue weighted by molar-refractivity contribution is 5.94. The summed E-state index contributed by atoms with van der Waals surface area (Å²) in [6.07, 6.45) is 0. The lowest BCUT2D eigenvalue weighted by Gasteiger charge is -2.10. The van der Waals surface area contributed by atoms with Crippen molar-refractivity contribution in [1.82, 2.24) is 5.32 Å². The number of ether oxygens (including phenoxy) is 2. The van der Waals surface area contributed by atoms with Crippen LogP contribution in [0.5, 0.6) is 11.5 Å². The van der Waals surface area contributed by atoms with Crippen LogP contribution in [0.2, 0.25) is 0 Å². The van der Waals surface area contributed by atoms with Crippen LogP contribution in [0, 0.1) is 13.8 Å². The lowest BCUT2D eigenvalue weighted by molar-refractivity contribution is 0.0946. The third kappa shape index (κ3) is 4.25. The predicted molar refractivity (Wildman–Crippen MR) is 86.7 cm³/mol. The largest absolute Gasteiger partial charge is 0.496 e. The first-order valence-electron chi connectivity index (χ1n) is 7.22. The Bertz CT molecular complexity index is 635. The number of hydrogen-bond donors (Lipinski definition) is 1. The van der Waals surface area contributed by atoms with Gasteiger partial charge >= 0.3 is 0 Å². The average molecular weight is 299 g/mol. The molecule has 0 aliphatic heterocycles. The summed E-state index contributed by atoms with van der Waals surface area (Å²) in [5.74, 6) is 1.38.